The Hall–Kier alpha value is -2.69. The van der Waals surface area contributed by atoms with E-state index in [0.717, 1.165) is 49.0 Å². The molecule has 1 N–H and O–H groups in total. The first-order valence-corrected chi connectivity index (χ1v) is 9.75. The fourth-order valence-electron chi connectivity index (χ4n) is 4.33. The molecule has 0 spiro atoms. The minimum atomic E-state index is 0.180. The highest BCUT2D eigenvalue weighted by molar-refractivity contribution is 5.94. The monoisotopic (exact) mass is 362 g/mol. The summed E-state index contributed by atoms with van der Waals surface area (Å²) in [6, 6.07) is 8.30. The van der Waals surface area contributed by atoms with Gasteiger partial charge in [-0.25, -0.2) is 4.98 Å². The number of nitrogens with zero attached hydrogens (tertiary/aromatic N) is 3. The van der Waals surface area contributed by atoms with E-state index < -0.39 is 0 Å². The highest BCUT2D eigenvalue weighted by Gasteiger charge is 2.26. The van der Waals surface area contributed by atoms with Crippen molar-refractivity contribution in [3.8, 4) is 11.4 Å². The number of aromatic nitrogens is 3. The zero-order valence-corrected chi connectivity index (χ0v) is 16.0. The maximum atomic E-state index is 11.9. The maximum Gasteiger partial charge on any atom is 0.222 e. The Morgan fingerprint density at radius 3 is 2.74 bits per heavy atom. The van der Waals surface area contributed by atoms with Gasteiger partial charge in [0.25, 0.3) is 0 Å². The van der Waals surface area contributed by atoms with Crippen molar-refractivity contribution < 1.29 is 4.79 Å². The van der Waals surface area contributed by atoms with E-state index in [1.807, 2.05) is 18.5 Å². The lowest BCUT2D eigenvalue weighted by atomic mass is 9.81. The molecular formula is C22H26N4O. The van der Waals surface area contributed by atoms with E-state index in [9.17, 15) is 4.79 Å². The van der Waals surface area contributed by atoms with Gasteiger partial charge in [-0.2, -0.15) is 0 Å². The topological polar surface area (TPSA) is 59.8 Å². The molecule has 3 aromatic rings. The predicted octanol–water partition coefficient (Wildman–Crippen LogP) is 3.96. The van der Waals surface area contributed by atoms with E-state index >= 15 is 0 Å². The number of carbonyl (C=O) groups excluding carboxylic acids is 1. The molecule has 1 aliphatic carbocycles. The lowest BCUT2D eigenvalue weighted by Crippen LogP contribution is -2.31. The molecule has 1 aliphatic rings. The van der Waals surface area contributed by atoms with Gasteiger partial charge in [-0.3, -0.25) is 9.78 Å². The summed E-state index contributed by atoms with van der Waals surface area (Å²) in [5, 5.41) is 3.94. The van der Waals surface area contributed by atoms with Gasteiger partial charge in [0.15, 0.2) is 0 Å². The molecule has 0 unspecified atom stereocenters. The van der Waals surface area contributed by atoms with Crippen molar-refractivity contribution in [3.05, 3.63) is 48.4 Å². The minimum absolute atomic E-state index is 0.180. The Balaban J connectivity index is 1.58. The standard InChI is InChI=1S/C22H26N4O/c1-15-5-10-19-18(4-3-11-24-19)20(15)21-25-12-13-26(21)14-16-6-8-17(9-7-16)22(27)23-2/h3-5,10-13,16-17H,6-9,14H2,1-2H3,(H,23,27). The third-order valence-corrected chi connectivity index (χ3v) is 5.85. The van der Waals surface area contributed by atoms with E-state index in [2.05, 4.69) is 46.2 Å². The van der Waals surface area contributed by atoms with Crippen LogP contribution in [0.2, 0.25) is 0 Å². The highest BCUT2D eigenvalue weighted by Crippen LogP contribution is 2.33. The molecule has 1 fully saturated rings. The van der Waals surface area contributed by atoms with Gasteiger partial charge in [0.05, 0.1) is 5.52 Å². The number of pyridine rings is 1. The zero-order chi connectivity index (χ0) is 18.8. The quantitative estimate of drug-likeness (QED) is 0.764. The molecule has 0 saturated heterocycles. The summed E-state index contributed by atoms with van der Waals surface area (Å²) in [6.07, 6.45) is 9.93. The number of carbonyl (C=O) groups is 1. The number of aryl methyl sites for hydroxylation is 1. The predicted molar refractivity (Wildman–Crippen MR) is 107 cm³/mol. The van der Waals surface area contributed by atoms with Crippen LogP contribution in [0.25, 0.3) is 22.3 Å². The average Bonchev–Trinajstić information content (AvgIpc) is 3.15. The highest BCUT2D eigenvalue weighted by atomic mass is 16.1. The Kier molecular flexibility index (Phi) is 4.92. The summed E-state index contributed by atoms with van der Waals surface area (Å²) in [4.78, 5) is 21.0. The lowest BCUT2D eigenvalue weighted by Gasteiger charge is -2.28. The first-order valence-electron chi connectivity index (χ1n) is 9.75. The third kappa shape index (κ3) is 3.46. The molecule has 0 aliphatic heterocycles. The molecule has 1 saturated carbocycles. The Bertz CT molecular complexity index is 954. The lowest BCUT2D eigenvalue weighted by molar-refractivity contribution is -0.125. The van der Waals surface area contributed by atoms with Gasteiger partial charge in [0, 0.05) is 49.1 Å². The normalized spacial score (nSPS) is 19.9. The average molecular weight is 362 g/mol. The van der Waals surface area contributed by atoms with Crippen molar-refractivity contribution in [2.45, 2.75) is 39.2 Å². The minimum Gasteiger partial charge on any atom is -0.359 e. The Morgan fingerprint density at radius 2 is 1.96 bits per heavy atom. The summed E-state index contributed by atoms with van der Waals surface area (Å²) >= 11 is 0. The van der Waals surface area contributed by atoms with Crippen LogP contribution in [0.1, 0.15) is 31.2 Å². The Labute approximate surface area is 159 Å². The fourth-order valence-corrected chi connectivity index (χ4v) is 4.33. The first-order chi connectivity index (χ1) is 13.2. The largest absolute Gasteiger partial charge is 0.359 e. The Morgan fingerprint density at radius 1 is 1.15 bits per heavy atom. The number of hydrogen-bond acceptors (Lipinski definition) is 3. The first kappa shape index (κ1) is 17.7. The number of nitrogens with one attached hydrogen (secondary N) is 1. The van der Waals surface area contributed by atoms with E-state index in [-0.39, 0.29) is 11.8 Å². The summed E-state index contributed by atoms with van der Waals surface area (Å²) < 4.78 is 2.28. The van der Waals surface area contributed by atoms with Crippen LogP contribution in [-0.4, -0.2) is 27.5 Å². The van der Waals surface area contributed by atoms with Crippen LogP contribution in [0.15, 0.2) is 42.9 Å². The number of rotatable bonds is 4. The molecular weight excluding hydrogens is 336 g/mol. The van der Waals surface area contributed by atoms with Gasteiger partial charge in [0.1, 0.15) is 5.82 Å². The fraction of sp³-hybridized carbons (Fsp3) is 0.409. The van der Waals surface area contributed by atoms with Crippen LogP contribution in [0, 0.1) is 18.8 Å². The van der Waals surface area contributed by atoms with Crippen molar-refractivity contribution in [3.63, 3.8) is 0 Å². The SMILES string of the molecule is CNC(=O)C1CCC(Cn2ccnc2-c2c(C)ccc3ncccc23)CC1. The molecule has 2 heterocycles. The van der Waals surface area contributed by atoms with Crippen molar-refractivity contribution >= 4 is 16.8 Å². The van der Waals surface area contributed by atoms with E-state index in [0.29, 0.717) is 5.92 Å². The van der Waals surface area contributed by atoms with Crippen LogP contribution in [0.3, 0.4) is 0 Å². The summed E-state index contributed by atoms with van der Waals surface area (Å²) in [5.41, 5.74) is 3.38. The molecule has 0 atom stereocenters. The summed E-state index contributed by atoms with van der Waals surface area (Å²) in [7, 11) is 1.73. The number of benzene rings is 1. The van der Waals surface area contributed by atoms with Crippen molar-refractivity contribution in [1.82, 2.24) is 19.9 Å². The molecule has 140 valence electrons. The molecule has 5 nitrogen and oxygen atoms in total. The second-order valence-electron chi connectivity index (χ2n) is 7.56. The molecule has 0 bridgehead atoms. The van der Waals surface area contributed by atoms with Crippen LogP contribution in [-0.2, 0) is 11.3 Å². The molecule has 1 amide bonds. The smallest absolute Gasteiger partial charge is 0.222 e. The third-order valence-electron chi connectivity index (χ3n) is 5.85. The van der Waals surface area contributed by atoms with Gasteiger partial charge in [-0.1, -0.05) is 12.1 Å². The number of imidazole rings is 1. The van der Waals surface area contributed by atoms with E-state index in [4.69, 9.17) is 4.98 Å². The maximum absolute atomic E-state index is 11.9. The van der Waals surface area contributed by atoms with Gasteiger partial charge in [-0.15, -0.1) is 0 Å². The van der Waals surface area contributed by atoms with E-state index in [1.165, 1.54) is 11.1 Å². The van der Waals surface area contributed by atoms with Crippen LogP contribution < -0.4 is 5.32 Å². The number of fused-ring (bicyclic) bond motifs is 1. The van der Waals surface area contributed by atoms with Gasteiger partial charge in [0.2, 0.25) is 5.91 Å². The molecule has 27 heavy (non-hydrogen) atoms. The van der Waals surface area contributed by atoms with Crippen LogP contribution in [0.4, 0.5) is 0 Å². The van der Waals surface area contributed by atoms with Gasteiger partial charge in [-0.05, 0) is 56.2 Å². The molecule has 5 heteroatoms. The molecule has 2 aromatic heterocycles. The number of hydrogen-bond donors (Lipinski definition) is 1. The van der Waals surface area contributed by atoms with E-state index in [1.54, 1.807) is 7.05 Å². The zero-order valence-electron chi connectivity index (χ0n) is 16.0. The van der Waals surface area contributed by atoms with Crippen LogP contribution >= 0.6 is 0 Å². The molecule has 4 rings (SSSR count). The van der Waals surface area contributed by atoms with Crippen molar-refractivity contribution in [2.24, 2.45) is 11.8 Å². The number of amides is 1. The summed E-state index contributed by atoms with van der Waals surface area (Å²) in [6.45, 7) is 3.08. The molecule has 0 radical (unpaired) electrons. The van der Waals surface area contributed by atoms with Gasteiger partial charge < -0.3 is 9.88 Å². The van der Waals surface area contributed by atoms with Crippen molar-refractivity contribution in [2.75, 3.05) is 7.05 Å². The van der Waals surface area contributed by atoms with Crippen molar-refractivity contribution in [1.29, 1.82) is 0 Å². The summed E-state index contributed by atoms with van der Waals surface area (Å²) in [5.74, 6) is 1.97. The second kappa shape index (κ2) is 7.51. The molecule has 1 aromatic carbocycles. The van der Waals surface area contributed by atoms with Crippen LogP contribution in [0.5, 0.6) is 0 Å². The second-order valence-corrected chi connectivity index (χ2v) is 7.56. The van der Waals surface area contributed by atoms with Gasteiger partial charge >= 0.3 is 0 Å².